The molecule has 0 amide bonds. The topological polar surface area (TPSA) is 71.1 Å². The van der Waals surface area contributed by atoms with Gasteiger partial charge >= 0.3 is 0 Å². The number of hydrogen-bond acceptors (Lipinski definition) is 8. The zero-order chi connectivity index (χ0) is 29.1. The number of fused-ring (bicyclic) bond motifs is 2. The first-order chi connectivity index (χ1) is 19.8. The van der Waals surface area contributed by atoms with Crippen LogP contribution in [0.2, 0.25) is 0 Å². The van der Waals surface area contributed by atoms with E-state index in [4.69, 9.17) is 18.9 Å². The summed E-state index contributed by atoms with van der Waals surface area (Å²) in [5.41, 5.74) is 5.29. The molecule has 1 saturated heterocycles. The van der Waals surface area contributed by atoms with Crippen LogP contribution in [0.25, 0.3) is 4.91 Å². The standard InChI is InChI=1S/C33H36O6S2/c1-6-25-30(40-22(4)28(34)23-11-7-20(2)8-12-23)31-26(33(38-17-18-39-33)32(25)37-16-15-36-5)19-27(41-31)29(35)24-13-9-21(3)10-14-24/h7-14,19,22,32H,6,15-18H2,1-5H3. The average molecular weight is 593 g/mol. The lowest BCUT2D eigenvalue weighted by atomic mass is 9.86. The van der Waals surface area contributed by atoms with Crippen molar-refractivity contribution in [1.29, 1.82) is 0 Å². The predicted molar refractivity (Wildman–Crippen MR) is 164 cm³/mol. The van der Waals surface area contributed by atoms with Gasteiger partial charge in [-0.15, -0.1) is 23.1 Å². The van der Waals surface area contributed by atoms with Crippen LogP contribution < -0.4 is 0 Å². The molecule has 2 unspecified atom stereocenters. The first kappa shape index (κ1) is 29.9. The summed E-state index contributed by atoms with van der Waals surface area (Å²) in [7, 11) is 1.64. The molecule has 41 heavy (non-hydrogen) atoms. The van der Waals surface area contributed by atoms with Gasteiger partial charge in [0.25, 0.3) is 0 Å². The number of aryl methyl sites for hydroxylation is 2. The molecule has 2 aliphatic rings. The van der Waals surface area contributed by atoms with Crippen molar-refractivity contribution >= 4 is 39.6 Å². The van der Waals surface area contributed by atoms with Crippen LogP contribution in [0.3, 0.4) is 0 Å². The average Bonchev–Trinajstić information content (AvgIpc) is 3.65. The van der Waals surface area contributed by atoms with E-state index in [-0.39, 0.29) is 16.8 Å². The van der Waals surface area contributed by atoms with Crippen LogP contribution in [-0.2, 0) is 24.7 Å². The number of Topliss-reactive ketones (excluding diaryl/α,β-unsaturated/α-hetero) is 1. The fraction of sp³-hybridized carbons (Fsp3) is 0.394. The van der Waals surface area contributed by atoms with Crippen molar-refractivity contribution in [3.05, 3.63) is 97.7 Å². The number of ether oxygens (including phenoxy) is 4. The molecule has 1 aromatic heterocycles. The lowest BCUT2D eigenvalue weighted by Crippen LogP contribution is -2.46. The molecule has 0 bridgehead atoms. The number of thiophene rings is 1. The van der Waals surface area contributed by atoms with Crippen LogP contribution >= 0.6 is 23.1 Å². The van der Waals surface area contributed by atoms with Crippen molar-refractivity contribution < 1.29 is 28.5 Å². The van der Waals surface area contributed by atoms with Crippen molar-refractivity contribution in [1.82, 2.24) is 0 Å². The SMILES string of the molecule is CCC1=C(SC(C)C(=O)c2ccc(C)cc2)c2sc(C(=O)c3ccc(C)cc3)cc2C2(OCCO2)C1OCCOC. The zero-order valence-electron chi connectivity index (χ0n) is 24.2. The van der Waals surface area contributed by atoms with Gasteiger partial charge in [-0.05, 0) is 38.8 Å². The number of rotatable bonds is 11. The number of ketones is 2. The summed E-state index contributed by atoms with van der Waals surface area (Å²) in [6, 6.07) is 17.2. The second kappa shape index (κ2) is 12.7. The van der Waals surface area contributed by atoms with Crippen molar-refractivity contribution in [3.63, 3.8) is 0 Å². The summed E-state index contributed by atoms with van der Waals surface area (Å²) < 4.78 is 24.5. The smallest absolute Gasteiger partial charge is 0.227 e. The maximum absolute atomic E-state index is 13.7. The number of thioether (sulfide) groups is 1. The molecule has 216 valence electrons. The third-order valence-electron chi connectivity index (χ3n) is 7.47. The first-order valence-corrected chi connectivity index (χ1v) is 15.6. The normalized spacial score (nSPS) is 18.5. The van der Waals surface area contributed by atoms with E-state index < -0.39 is 11.9 Å². The Labute approximate surface area is 250 Å². The molecule has 5 rings (SSSR count). The maximum Gasteiger partial charge on any atom is 0.227 e. The Morgan fingerprint density at radius 1 is 1.00 bits per heavy atom. The van der Waals surface area contributed by atoms with Crippen LogP contribution in [-0.4, -0.2) is 56.5 Å². The lowest BCUT2D eigenvalue weighted by molar-refractivity contribution is -0.234. The maximum atomic E-state index is 13.7. The van der Waals surface area contributed by atoms with Gasteiger partial charge in [0.05, 0.1) is 41.4 Å². The minimum absolute atomic E-state index is 0.0533. The van der Waals surface area contributed by atoms with Crippen LogP contribution in [0.4, 0.5) is 0 Å². The third kappa shape index (κ3) is 5.87. The van der Waals surface area contributed by atoms with Gasteiger partial charge in [0.1, 0.15) is 6.10 Å². The quantitative estimate of drug-likeness (QED) is 0.176. The van der Waals surface area contributed by atoms with Crippen LogP contribution in [0.5, 0.6) is 0 Å². The van der Waals surface area contributed by atoms with Crippen LogP contribution in [0.15, 0.2) is 60.2 Å². The highest BCUT2D eigenvalue weighted by molar-refractivity contribution is 8.09. The van der Waals surface area contributed by atoms with E-state index in [1.54, 1.807) is 7.11 Å². The van der Waals surface area contributed by atoms with Gasteiger partial charge in [-0.2, -0.15) is 0 Å². The Bertz CT molecular complexity index is 1430. The van der Waals surface area contributed by atoms with E-state index in [0.717, 1.165) is 32.0 Å². The van der Waals surface area contributed by atoms with E-state index in [1.807, 2.05) is 75.4 Å². The van der Waals surface area contributed by atoms with Crippen molar-refractivity contribution in [2.45, 2.75) is 51.3 Å². The minimum Gasteiger partial charge on any atom is -0.382 e. The predicted octanol–water partition coefficient (Wildman–Crippen LogP) is 6.97. The third-order valence-corrected chi connectivity index (χ3v) is 10.0. The summed E-state index contributed by atoms with van der Waals surface area (Å²) >= 11 is 2.95. The summed E-state index contributed by atoms with van der Waals surface area (Å²) in [4.78, 5) is 29.6. The van der Waals surface area contributed by atoms with E-state index in [9.17, 15) is 9.59 Å². The number of hydrogen-bond donors (Lipinski definition) is 0. The molecule has 0 N–H and O–H groups in total. The van der Waals surface area contributed by atoms with Crippen molar-refractivity contribution in [2.24, 2.45) is 0 Å². The molecule has 1 aliphatic heterocycles. The van der Waals surface area contributed by atoms with Crippen molar-refractivity contribution in [3.8, 4) is 0 Å². The monoisotopic (exact) mass is 592 g/mol. The molecule has 3 aromatic rings. The molecule has 6 nitrogen and oxygen atoms in total. The van der Waals surface area contributed by atoms with E-state index in [0.29, 0.717) is 48.9 Å². The summed E-state index contributed by atoms with van der Waals surface area (Å²) in [6.07, 6.45) is 0.122. The summed E-state index contributed by atoms with van der Waals surface area (Å²) in [5, 5.41) is -0.362. The largest absolute Gasteiger partial charge is 0.382 e. The van der Waals surface area contributed by atoms with Gasteiger partial charge in [0.15, 0.2) is 5.78 Å². The number of carbonyl (C=O) groups excluding carboxylic acids is 2. The van der Waals surface area contributed by atoms with Crippen LogP contribution in [0.1, 0.15) is 67.4 Å². The van der Waals surface area contributed by atoms with Crippen molar-refractivity contribution in [2.75, 3.05) is 33.5 Å². The summed E-state index contributed by atoms with van der Waals surface area (Å²) in [6.45, 7) is 9.63. The van der Waals surface area contributed by atoms with E-state index in [2.05, 4.69) is 6.92 Å². The molecular weight excluding hydrogens is 556 g/mol. The van der Waals surface area contributed by atoms with Crippen LogP contribution in [0, 0.1) is 13.8 Å². The van der Waals surface area contributed by atoms with Gasteiger partial charge in [-0.3, -0.25) is 9.59 Å². The van der Waals surface area contributed by atoms with Gasteiger partial charge in [0, 0.05) is 28.7 Å². The second-order valence-electron chi connectivity index (χ2n) is 10.4. The fourth-order valence-electron chi connectivity index (χ4n) is 5.27. The fourth-order valence-corrected chi connectivity index (χ4v) is 7.89. The molecule has 1 spiro atoms. The first-order valence-electron chi connectivity index (χ1n) is 13.9. The Hall–Kier alpha value is -2.59. The number of methoxy groups -OCH3 is 1. The Morgan fingerprint density at radius 3 is 2.20 bits per heavy atom. The lowest BCUT2D eigenvalue weighted by Gasteiger charge is -2.41. The molecule has 2 heterocycles. The van der Waals surface area contributed by atoms with E-state index >= 15 is 0 Å². The molecule has 0 radical (unpaired) electrons. The Kier molecular flexibility index (Phi) is 9.28. The number of benzene rings is 2. The highest BCUT2D eigenvalue weighted by atomic mass is 32.2. The second-order valence-corrected chi connectivity index (χ2v) is 12.8. The highest BCUT2D eigenvalue weighted by Gasteiger charge is 2.54. The van der Waals surface area contributed by atoms with Gasteiger partial charge < -0.3 is 18.9 Å². The molecule has 2 atom stereocenters. The number of carbonyl (C=O) groups is 2. The molecule has 8 heteroatoms. The molecular formula is C33H36O6S2. The van der Waals surface area contributed by atoms with Gasteiger partial charge in [-0.25, -0.2) is 0 Å². The summed E-state index contributed by atoms with van der Waals surface area (Å²) in [5.74, 6) is -1.16. The minimum atomic E-state index is -1.16. The molecule has 0 saturated carbocycles. The Morgan fingerprint density at radius 2 is 1.61 bits per heavy atom. The zero-order valence-corrected chi connectivity index (χ0v) is 25.8. The van der Waals surface area contributed by atoms with Gasteiger partial charge in [0.2, 0.25) is 11.6 Å². The van der Waals surface area contributed by atoms with E-state index in [1.165, 1.54) is 23.1 Å². The molecule has 2 aromatic carbocycles. The molecule has 1 fully saturated rings. The molecule has 1 aliphatic carbocycles. The highest BCUT2D eigenvalue weighted by Crippen LogP contribution is 2.55. The Balaban J connectivity index is 1.60. The van der Waals surface area contributed by atoms with Gasteiger partial charge in [-0.1, -0.05) is 66.6 Å².